The highest BCUT2D eigenvalue weighted by Gasteiger charge is 2.28. The van der Waals surface area contributed by atoms with E-state index in [0.717, 1.165) is 23.7 Å². The molecule has 1 N–H and O–H groups in total. The van der Waals surface area contributed by atoms with Gasteiger partial charge in [0.25, 0.3) is 0 Å². The van der Waals surface area contributed by atoms with Gasteiger partial charge in [-0.3, -0.25) is 0 Å². The van der Waals surface area contributed by atoms with Crippen LogP contribution in [0.1, 0.15) is 19.3 Å². The molecule has 3 nitrogen and oxygen atoms in total. The minimum Gasteiger partial charge on any atom is -0.208 e. The highest BCUT2D eigenvalue weighted by Crippen LogP contribution is 2.29. The van der Waals surface area contributed by atoms with E-state index in [4.69, 9.17) is 0 Å². The quantitative estimate of drug-likeness (QED) is 0.908. The van der Waals surface area contributed by atoms with Crippen molar-refractivity contribution in [1.29, 1.82) is 0 Å². The molecule has 2 unspecified atom stereocenters. The van der Waals surface area contributed by atoms with E-state index in [-0.39, 0.29) is 6.04 Å². The zero-order valence-electron chi connectivity index (χ0n) is 10.1. The maximum atomic E-state index is 12.2. The molecular formula is C12H16BrNO2S2. The first-order valence-corrected chi connectivity index (χ1v) is 9.38. The molecule has 1 fully saturated rings. The Morgan fingerprint density at radius 1 is 1.39 bits per heavy atom. The lowest BCUT2D eigenvalue weighted by Crippen LogP contribution is -2.33. The summed E-state index contributed by atoms with van der Waals surface area (Å²) in [5.41, 5.74) is 0. The van der Waals surface area contributed by atoms with Crippen LogP contribution < -0.4 is 4.72 Å². The van der Waals surface area contributed by atoms with Gasteiger partial charge in [0, 0.05) is 15.8 Å². The summed E-state index contributed by atoms with van der Waals surface area (Å²) >= 11 is 5.11. The van der Waals surface area contributed by atoms with E-state index in [1.54, 1.807) is 18.2 Å². The van der Waals surface area contributed by atoms with Gasteiger partial charge in [-0.15, -0.1) is 0 Å². The molecule has 0 radical (unpaired) electrons. The highest BCUT2D eigenvalue weighted by atomic mass is 79.9. The summed E-state index contributed by atoms with van der Waals surface area (Å²) in [6, 6.07) is 6.87. The van der Waals surface area contributed by atoms with Crippen molar-refractivity contribution in [3.05, 3.63) is 28.7 Å². The first-order chi connectivity index (χ1) is 8.51. The van der Waals surface area contributed by atoms with Crippen LogP contribution >= 0.6 is 27.7 Å². The average molecular weight is 350 g/mol. The summed E-state index contributed by atoms with van der Waals surface area (Å²) in [6.07, 6.45) is 5.02. The molecule has 6 heteroatoms. The predicted octanol–water partition coefficient (Wildman–Crippen LogP) is 3.01. The predicted molar refractivity (Wildman–Crippen MR) is 79.4 cm³/mol. The van der Waals surface area contributed by atoms with E-state index in [1.807, 2.05) is 17.8 Å². The van der Waals surface area contributed by atoms with Gasteiger partial charge in [-0.2, -0.15) is 11.8 Å². The SMILES string of the molecule is CSC1CCC(NS(=O)(=O)c2cccc(Br)c2)C1. The van der Waals surface area contributed by atoms with Gasteiger partial charge in [0.15, 0.2) is 0 Å². The van der Waals surface area contributed by atoms with E-state index in [9.17, 15) is 8.42 Å². The lowest BCUT2D eigenvalue weighted by Gasteiger charge is -2.13. The zero-order chi connectivity index (χ0) is 13.2. The van der Waals surface area contributed by atoms with Gasteiger partial charge in [-0.05, 0) is 43.7 Å². The van der Waals surface area contributed by atoms with Crippen molar-refractivity contribution in [3.8, 4) is 0 Å². The molecule has 18 heavy (non-hydrogen) atoms. The Kier molecular flexibility index (Phi) is 4.75. The van der Waals surface area contributed by atoms with Gasteiger partial charge in [-0.25, -0.2) is 13.1 Å². The molecule has 2 rings (SSSR count). The molecular weight excluding hydrogens is 334 g/mol. The van der Waals surface area contributed by atoms with Crippen molar-refractivity contribution in [2.75, 3.05) is 6.26 Å². The Labute approximate surface area is 121 Å². The molecule has 0 saturated heterocycles. The number of halogens is 1. The van der Waals surface area contributed by atoms with E-state index in [1.165, 1.54) is 0 Å². The Hall–Kier alpha value is -0.0400. The topological polar surface area (TPSA) is 46.2 Å². The van der Waals surface area contributed by atoms with Gasteiger partial charge >= 0.3 is 0 Å². The summed E-state index contributed by atoms with van der Waals surface area (Å²) in [6.45, 7) is 0. The Balaban J connectivity index is 2.09. The Bertz CT molecular complexity index is 519. The standard InChI is InChI=1S/C12H16BrNO2S2/c1-17-11-6-5-10(8-11)14-18(15,16)12-4-2-3-9(13)7-12/h2-4,7,10-11,14H,5-6,8H2,1H3. The largest absolute Gasteiger partial charge is 0.240 e. The normalized spacial score (nSPS) is 24.3. The fourth-order valence-electron chi connectivity index (χ4n) is 2.18. The van der Waals surface area contributed by atoms with Gasteiger partial charge < -0.3 is 0 Å². The second-order valence-corrected chi connectivity index (χ2v) is 8.21. The fourth-order valence-corrected chi connectivity index (χ4v) is 4.86. The highest BCUT2D eigenvalue weighted by molar-refractivity contribution is 9.10. The van der Waals surface area contributed by atoms with Crippen molar-refractivity contribution < 1.29 is 8.42 Å². The van der Waals surface area contributed by atoms with Crippen LogP contribution in [0.25, 0.3) is 0 Å². The second-order valence-electron chi connectivity index (χ2n) is 4.45. The van der Waals surface area contributed by atoms with Gasteiger partial charge in [0.05, 0.1) is 4.90 Å². The summed E-state index contributed by atoms with van der Waals surface area (Å²) in [5.74, 6) is 0. The number of rotatable bonds is 4. The van der Waals surface area contributed by atoms with E-state index in [2.05, 4.69) is 26.9 Å². The minimum atomic E-state index is -3.39. The van der Waals surface area contributed by atoms with Crippen molar-refractivity contribution in [3.63, 3.8) is 0 Å². The maximum Gasteiger partial charge on any atom is 0.240 e. The smallest absolute Gasteiger partial charge is 0.208 e. The summed E-state index contributed by atoms with van der Waals surface area (Å²) in [7, 11) is -3.39. The number of benzene rings is 1. The molecule has 0 aromatic heterocycles. The number of thioether (sulfide) groups is 1. The van der Waals surface area contributed by atoms with E-state index in [0.29, 0.717) is 10.1 Å². The van der Waals surface area contributed by atoms with Crippen LogP contribution in [0.4, 0.5) is 0 Å². The molecule has 0 aliphatic heterocycles. The third-order valence-electron chi connectivity index (χ3n) is 3.15. The van der Waals surface area contributed by atoms with Crippen molar-refractivity contribution in [2.24, 2.45) is 0 Å². The molecule has 1 aliphatic rings. The number of hydrogen-bond acceptors (Lipinski definition) is 3. The van der Waals surface area contributed by atoms with E-state index >= 15 is 0 Å². The first-order valence-electron chi connectivity index (χ1n) is 5.82. The minimum absolute atomic E-state index is 0.0754. The Morgan fingerprint density at radius 3 is 2.78 bits per heavy atom. The fraction of sp³-hybridized carbons (Fsp3) is 0.500. The zero-order valence-corrected chi connectivity index (χ0v) is 13.3. The lowest BCUT2D eigenvalue weighted by atomic mass is 10.3. The first kappa shape index (κ1) is 14.4. The summed E-state index contributed by atoms with van der Waals surface area (Å²) in [5, 5.41) is 0.584. The van der Waals surface area contributed by atoms with Crippen LogP contribution in [0.15, 0.2) is 33.6 Å². The maximum absolute atomic E-state index is 12.2. The van der Waals surface area contributed by atoms with Crippen molar-refractivity contribution >= 4 is 37.7 Å². The van der Waals surface area contributed by atoms with Crippen LogP contribution in [0.3, 0.4) is 0 Å². The molecule has 0 amide bonds. The molecule has 100 valence electrons. The second kappa shape index (κ2) is 5.94. The van der Waals surface area contributed by atoms with Crippen LogP contribution in [0.5, 0.6) is 0 Å². The summed E-state index contributed by atoms with van der Waals surface area (Å²) in [4.78, 5) is 0.324. The third-order valence-corrected chi connectivity index (χ3v) is 6.25. The van der Waals surface area contributed by atoms with Gasteiger partial charge in [0.1, 0.15) is 0 Å². The van der Waals surface area contributed by atoms with Crippen LogP contribution in [-0.2, 0) is 10.0 Å². The summed E-state index contributed by atoms with van der Waals surface area (Å²) < 4.78 is 28.0. The molecule has 1 saturated carbocycles. The van der Waals surface area contributed by atoms with Gasteiger partial charge in [-0.1, -0.05) is 22.0 Å². The van der Waals surface area contributed by atoms with Crippen LogP contribution in [0, 0.1) is 0 Å². The third kappa shape index (κ3) is 3.50. The molecule has 2 atom stereocenters. The van der Waals surface area contributed by atoms with Crippen molar-refractivity contribution in [1.82, 2.24) is 4.72 Å². The molecule has 1 aliphatic carbocycles. The van der Waals surface area contributed by atoms with E-state index < -0.39 is 10.0 Å². The van der Waals surface area contributed by atoms with Crippen LogP contribution in [-0.4, -0.2) is 26.0 Å². The molecule has 1 aromatic carbocycles. The van der Waals surface area contributed by atoms with Gasteiger partial charge in [0.2, 0.25) is 10.0 Å². The Morgan fingerprint density at radius 2 is 2.17 bits per heavy atom. The molecule has 0 spiro atoms. The monoisotopic (exact) mass is 349 g/mol. The van der Waals surface area contributed by atoms with Crippen molar-refractivity contribution in [2.45, 2.75) is 35.4 Å². The number of hydrogen-bond donors (Lipinski definition) is 1. The molecule has 0 heterocycles. The number of sulfonamides is 1. The average Bonchev–Trinajstić information content (AvgIpc) is 2.76. The van der Waals surface area contributed by atoms with Crippen LogP contribution in [0.2, 0.25) is 0 Å². The lowest BCUT2D eigenvalue weighted by molar-refractivity contribution is 0.552. The number of nitrogens with one attached hydrogen (secondary N) is 1. The molecule has 1 aromatic rings. The molecule has 0 bridgehead atoms.